The number of ether oxygens (including phenoxy) is 1. The van der Waals surface area contributed by atoms with Crippen LogP contribution in [0.25, 0.3) is 0 Å². The van der Waals surface area contributed by atoms with Crippen LogP contribution in [0.5, 0.6) is 0 Å². The largest absolute Gasteiger partial charge is 0.381 e. The summed E-state index contributed by atoms with van der Waals surface area (Å²) < 4.78 is 5.26. The lowest BCUT2D eigenvalue weighted by Gasteiger charge is -2.22. The van der Waals surface area contributed by atoms with E-state index in [1.54, 1.807) is 0 Å². The van der Waals surface area contributed by atoms with Gasteiger partial charge in [0.1, 0.15) is 0 Å². The molecule has 1 unspecified atom stereocenters. The van der Waals surface area contributed by atoms with E-state index in [1.165, 1.54) is 0 Å². The highest BCUT2D eigenvalue weighted by Gasteiger charge is 2.17. The predicted octanol–water partition coefficient (Wildman–Crippen LogP) is 1.08. The molecule has 5 heteroatoms. The molecule has 0 aromatic rings. The Bertz CT molecular complexity index is 196. The molecular weight excluding hydrogens is 228 g/mol. The van der Waals surface area contributed by atoms with E-state index in [9.17, 15) is 4.79 Å². The van der Waals surface area contributed by atoms with Gasteiger partial charge in [0.15, 0.2) is 0 Å². The highest BCUT2D eigenvalue weighted by Crippen LogP contribution is 2.13. The first kappa shape index (κ1) is 15.7. The third-order valence-corrected chi connectivity index (χ3v) is 2.84. The van der Waals surface area contributed by atoms with Crippen molar-refractivity contribution in [1.29, 1.82) is 0 Å². The zero-order valence-corrected chi connectivity index (χ0v) is 10.7. The highest BCUT2D eigenvalue weighted by molar-refractivity contribution is 5.85. The van der Waals surface area contributed by atoms with Gasteiger partial charge in [-0.05, 0) is 25.2 Å². The van der Waals surface area contributed by atoms with E-state index >= 15 is 0 Å². The molecule has 0 saturated carbocycles. The van der Waals surface area contributed by atoms with E-state index in [4.69, 9.17) is 10.5 Å². The summed E-state index contributed by atoms with van der Waals surface area (Å²) in [5.41, 5.74) is 5.71. The molecule has 1 heterocycles. The fourth-order valence-corrected chi connectivity index (χ4v) is 1.77. The average Bonchev–Trinajstić information content (AvgIpc) is 2.27. The highest BCUT2D eigenvalue weighted by atomic mass is 35.5. The topological polar surface area (TPSA) is 64.4 Å². The molecule has 3 N–H and O–H groups in total. The summed E-state index contributed by atoms with van der Waals surface area (Å²) in [6.45, 7) is 4.42. The van der Waals surface area contributed by atoms with Gasteiger partial charge in [0, 0.05) is 19.8 Å². The maximum absolute atomic E-state index is 11.5. The van der Waals surface area contributed by atoms with Crippen molar-refractivity contribution in [3.63, 3.8) is 0 Å². The van der Waals surface area contributed by atoms with Gasteiger partial charge in [-0.15, -0.1) is 12.4 Å². The van der Waals surface area contributed by atoms with E-state index in [1.807, 2.05) is 6.92 Å². The van der Waals surface area contributed by atoms with Crippen LogP contribution in [0.3, 0.4) is 0 Å². The van der Waals surface area contributed by atoms with Crippen molar-refractivity contribution in [1.82, 2.24) is 5.32 Å². The van der Waals surface area contributed by atoms with Crippen molar-refractivity contribution in [2.24, 2.45) is 11.7 Å². The first-order valence-corrected chi connectivity index (χ1v) is 5.85. The first-order valence-electron chi connectivity index (χ1n) is 5.85. The molecule has 0 bridgehead atoms. The third-order valence-electron chi connectivity index (χ3n) is 2.84. The fourth-order valence-electron chi connectivity index (χ4n) is 1.77. The van der Waals surface area contributed by atoms with E-state index in [-0.39, 0.29) is 24.4 Å². The average molecular weight is 251 g/mol. The normalized spacial score (nSPS) is 18.6. The minimum atomic E-state index is -0.338. The number of hydrogen-bond donors (Lipinski definition) is 2. The van der Waals surface area contributed by atoms with Crippen LogP contribution in [0.1, 0.15) is 32.6 Å². The smallest absolute Gasteiger partial charge is 0.236 e. The van der Waals surface area contributed by atoms with Crippen molar-refractivity contribution in [3.05, 3.63) is 0 Å². The monoisotopic (exact) mass is 250 g/mol. The summed E-state index contributed by atoms with van der Waals surface area (Å²) in [7, 11) is 0. The molecule has 0 aliphatic carbocycles. The molecule has 0 aromatic carbocycles. The number of nitrogens with one attached hydrogen (secondary N) is 1. The van der Waals surface area contributed by atoms with Gasteiger partial charge in [0.25, 0.3) is 0 Å². The number of amides is 1. The van der Waals surface area contributed by atoms with Crippen LogP contribution < -0.4 is 11.1 Å². The van der Waals surface area contributed by atoms with Gasteiger partial charge in [-0.25, -0.2) is 0 Å². The molecule has 0 radical (unpaired) electrons. The van der Waals surface area contributed by atoms with Crippen molar-refractivity contribution in [2.75, 3.05) is 19.8 Å². The van der Waals surface area contributed by atoms with Crippen LogP contribution in [0.2, 0.25) is 0 Å². The number of halogens is 1. The van der Waals surface area contributed by atoms with Crippen LogP contribution in [-0.2, 0) is 9.53 Å². The van der Waals surface area contributed by atoms with Crippen LogP contribution >= 0.6 is 12.4 Å². The second kappa shape index (κ2) is 8.79. The quantitative estimate of drug-likeness (QED) is 0.768. The van der Waals surface area contributed by atoms with Gasteiger partial charge in [-0.3, -0.25) is 4.79 Å². The Morgan fingerprint density at radius 3 is 2.69 bits per heavy atom. The second-order valence-corrected chi connectivity index (χ2v) is 4.20. The molecule has 4 nitrogen and oxygen atoms in total. The van der Waals surface area contributed by atoms with E-state index in [0.29, 0.717) is 5.92 Å². The van der Waals surface area contributed by atoms with E-state index in [0.717, 1.165) is 45.4 Å². The Balaban J connectivity index is 0.00000225. The zero-order chi connectivity index (χ0) is 11.1. The van der Waals surface area contributed by atoms with Crippen molar-refractivity contribution >= 4 is 18.3 Å². The van der Waals surface area contributed by atoms with Crippen LogP contribution in [-0.4, -0.2) is 31.7 Å². The summed E-state index contributed by atoms with van der Waals surface area (Å²) in [6.07, 6.45) is 3.80. The van der Waals surface area contributed by atoms with E-state index < -0.39 is 0 Å². The first-order chi connectivity index (χ1) is 7.24. The molecule has 0 spiro atoms. The number of carbonyl (C=O) groups excluding carboxylic acids is 1. The molecule has 1 rings (SSSR count). The number of nitrogens with two attached hydrogens (primary N) is 1. The van der Waals surface area contributed by atoms with Gasteiger partial charge in [-0.2, -0.15) is 0 Å². The van der Waals surface area contributed by atoms with Crippen LogP contribution in [0.15, 0.2) is 0 Å². The Morgan fingerprint density at radius 2 is 2.12 bits per heavy atom. The molecular formula is C11H23ClN2O2. The summed E-state index contributed by atoms with van der Waals surface area (Å²) in [6, 6.07) is -0.338. The second-order valence-electron chi connectivity index (χ2n) is 4.20. The van der Waals surface area contributed by atoms with Crippen molar-refractivity contribution < 1.29 is 9.53 Å². The molecule has 1 fully saturated rings. The van der Waals surface area contributed by atoms with Crippen molar-refractivity contribution in [3.8, 4) is 0 Å². The molecule has 1 atom stereocenters. The lowest BCUT2D eigenvalue weighted by atomic mass is 10.0. The molecule has 1 amide bonds. The predicted molar refractivity (Wildman–Crippen MR) is 66.7 cm³/mol. The van der Waals surface area contributed by atoms with Gasteiger partial charge in [0.05, 0.1) is 6.04 Å². The number of hydrogen-bond acceptors (Lipinski definition) is 3. The minimum absolute atomic E-state index is 0. The molecule has 1 aliphatic heterocycles. The lowest BCUT2D eigenvalue weighted by molar-refractivity contribution is -0.122. The molecule has 96 valence electrons. The Kier molecular flexibility index (Phi) is 8.61. The Hall–Kier alpha value is -0.320. The Labute approximate surface area is 104 Å². The van der Waals surface area contributed by atoms with Crippen LogP contribution in [0.4, 0.5) is 0 Å². The standard InChI is InChI=1S/C11H22N2O2.ClH/c1-2-3-10(12)11(14)13-8-9-4-6-15-7-5-9;/h9-10H,2-8,12H2,1H3,(H,13,14);1H. The van der Waals surface area contributed by atoms with Crippen LogP contribution in [0, 0.1) is 5.92 Å². The van der Waals surface area contributed by atoms with Gasteiger partial charge < -0.3 is 15.8 Å². The summed E-state index contributed by atoms with van der Waals surface area (Å²) >= 11 is 0. The fraction of sp³-hybridized carbons (Fsp3) is 0.909. The van der Waals surface area contributed by atoms with Crippen molar-refractivity contribution in [2.45, 2.75) is 38.6 Å². The third kappa shape index (κ3) is 5.68. The maximum atomic E-state index is 11.5. The molecule has 1 saturated heterocycles. The van der Waals surface area contributed by atoms with Gasteiger partial charge in [-0.1, -0.05) is 13.3 Å². The molecule has 1 aliphatic rings. The summed E-state index contributed by atoms with van der Waals surface area (Å²) in [5.74, 6) is 0.555. The molecule has 0 aromatic heterocycles. The van der Waals surface area contributed by atoms with E-state index in [2.05, 4.69) is 5.32 Å². The summed E-state index contributed by atoms with van der Waals surface area (Å²) in [5, 5.41) is 2.92. The SMILES string of the molecule is CCCC(N)C(=O)NCC1CCOCC1.Cl. The number of rotatable bonds is 5. The Morgan fingerprint density at radius 1 is 1.50 bits per heavy atom. The minimum Gasteiger partial charge on any atom is -0.381 e. The van der Waals surface area contributed by atoms with Gasteiger partial charge >= 0.3 is 0 Å². The zero-order valence-electron chi connectivity index (χ0n) is 9.91. The lowest BCUT2D eigenvalue weighted by Crippen LogP contribution is -2.42. The number of carbonyl (C=O) groups is 1. The maximum Gasteiger partial charge on any atom is 0.236 e. The molecule has 16 heavy (non-hydrogen) atoms. The van der Waals surface area contributed by atoms with Gasteiger partial charge in [0.2, 0.25) is 5.91 Å². The summed E-state index contributed by atoms with van der Waals surface area (Å²) in [4.78, 5) is 11.5.